The molecule has 0 aliphatic carbocycles. The van der Waals surface area contributed by atoms with E-state index in [2.05, 4.69) is 60.4 Å². The van der Waals surface area contributed by atoms with E-state index in [1.165, 1.54) is 11.5 Å². The molecule has 0 radical (unpaired) electrons. The maximum atomic E-state index is 5.29. The Balaban J connectivity index is 0.00000300. The van der Waals surface area contributed by atoms with E-state index in [1.54, 1.807) is 0 Å². The van der Waals surface area contributed by atoms with Crippen molar-refractivity contribution in [3.05, 3.63) is 17.5 Å². The molecule has 11 heteroatoms. The Kier molecular flexibility index (Phi) is 9.53. The van der Waals surface area contributed by atoms with Gasteiger partial charge in [-0.2, -0.15) is 9.36 Å². The summed E-state index contributed by atoms with van der Waals surface area (Å²) < 4.78 is 9.68. The minimum absolute atomic E-state index is 0. The van der Waals surface area contributed by atoms with Crippen LogP contribution in [0.5, 0.6) is 0 Å². The fourth-order valence-electron chi connectivity index (χ4n) is 3.00. The van der Waals surface area contributed by atoms with E-state index in [9.17, 15) is 0 Å². The van der Waals surface area contributed by atoms with Gasteiger partial charge in [-0.1, -0.05) is 25.9 Å². The summed E-state index contributed by atoms with van der Waals surface area (Å²) in [6.45, 7) is 10.7. The van der Waals surface area contributed by atoms with Gasteiger partial charge in [0.1, 0.15) is 5.82 Å². The lowest BCUT2D eigenvalue weighted by molar-refractivity contribution is 0.363. The summed E-state index contributed by atoms with van der Waals surface area (Å²) in [5.41, 5.74) is 0. The van der Waals surface area contributed by atoms with Gasteiger partial charge in [0.15, 0.2) is 11.8 Å². The number of anilines is 1. The number of guanidine groups is 1. The number of hydrogen-bond acceptors (Lipinski definition) is 8. The molecule has 0 aromatic carbocycles. The van der Waals surface area contributed by atoms with Crippen LogP contribution in [-0.2, 0) is 12.8 Å². The van der Waals surface area contributed by atoms with Crippen molar-refractivity contribution in [2.75, 3.05) is 44.7 Å². The lowest BCUT2D eigenvalue weighted by atomic mass is 10.2. The third-order valence-corrected chi connectivity index (χ3v) is 5.50. The lowest BCUT2D eigenvalue weighted by Crippen LogP contribution is -2.52. The minimum Gasteiger partial charge on any atom is -0.356 e. The summed E-state index contributed by atoms with van der Waals surface area (Å²) in [6, 6.07) is 0. The van der Waals surface area contributed by atoms with Crippen LogP contribution >= 0.6 is 35.5 Å². The Morgan fingerprint density at radius 2 is 2.00 bits per heavy atom. The normalized spacial score (nSPS) is 15.0. The topological polar surface area (TPSA) is 95.6 Å². The molecule has 29 heavy (non-hydrogen) atoms. The van der Waals surface area contributed by atoms with Crippen LogP contribution in [-0.4, -0.2) is 70.1 Å². The van der Waals surface area contributed by atoms with Crippen molar-refractivity contribution in [1.82, 2.24) is 29.7 Å². The van der Waals surface area contributed by atoms with E-state index in [-0.39, 0.29) is 24.0 Å². The van der Waals surface area contributed by atoms with Gasteiger partial charge < -0.3 is 19.6 Å². The molecule has 2 aromatic heterocycles. The van der Waals surface area contributed by atoms with Crippen LogP contribution < -0.4 is 10.2 Å². The monoisotopic (exact) mass is 534 g/mol. The van der Waals surface area contributed by atoms with Gasteiger partial charge in [0.05, 0.1) is 0 Å². The number of aliphatic imine (C=N–C) groups is 1. The fraction of sp³-hybridized carbons (Fsp3) is 0.722. The molecule has 162 valence electrons. The van der Waals surface area contributed by atoms with Gasteiger partial charge >= 0.3 is 0 Å². The summed E-state index contributed by atoms with van der Waals surface area (Å²) in [4.78, 5) is 18.0. The highest BCUT2D eigenvalue weighted by Crippen LogP contribution is 2.19. The van der Waals surface area contributed by atoms with E-state index >= 15 is 0 Å². The zero-order valence-electron chi connectivity index (χ0n) is 17.6. The van der Waals surface area contributed by atoms with Crippen molar-refractivity contribution in [3.8, 4) is 0 Å². The van der Waals surface area contributed by atoms with Gasteiger partial charge in [-0.3, -0.25) is 4.99 Å². The van der Waals surface area contributed by atoms with Gasteiger partial charge in [0.2, 0.25) is 11.0 Å². The van der Waals surface area contributed by atoms with E-state index < -0.39 is 0 Å². The number of piperazine rings is 1. The standard InChI is InChI=1S/C18H30N8OS.HI/c1-5-14-21-18(28-24-14)26-11-9-25(10-12-26)17(19-4)20-8-6-7-15-22-16(13(2)3)23-27-15;/h13H,5-12H2,1-4H3,(H,19,20);1H. The molecule has 1 aliphatic heterocycles. The smallest absolute Gasteiger partial charge is 0.226 e. The number of nitrogens with one attached hydrogen (secondary N) is 1. The van der Waals surface area contributed by atoms with E-state index in [4.69, 9.17) is 4.52 Å². The summed E-state index contributed by atoms with van der Waals surface area (Å²) in [6.07, 6.45) is 2.58. The van der Waals surface area contributed by atoms with E-state index in [0.29, 0.717) is 11.8 Å². The highest BCUT2D eigenvalue weighted by molar-refractivity contribution is 14.0. The van der Waals surface area contributed by atoms with Crippen molar-refractivity contribution in [1.29, 1.82) is 0 Å². The van der Waals surface area contributed by atoms with Crippen LogP contribution in [0.2, 0.25) is 0 Å². The maximum absolute atomic E-state index is 5.29. The molecule has 0 unspecified atom stereocenters. The Labute approximate surface area is 193 Å². The fourth-order valence-corrected chi connectivity index (χ4v) is 3.80. The SMILES string of the molecule is CCc1nsc(N2CCN(C(=NC)NCCCc3nc(C(C)C)no3)CC2)n1.I. The number of halogens is 1. The first kappa shape index (κ1) is 23.8. The molecule has 1 aliphatic rings. The number of aromatic nitrogens is 4. The molecule has 0 saturated carbocycles. The van der Waals surface area contributed by atoms with Gasteiger partial charge in [-0.05, 0) is 6.42 Å². The molecule has 9 nitrogen and oxygen atoms in total. The van der Waals surface area contributed by atoms with Gasteiger partial charge in [-0.15, -0.1) is 24.0 Å². The van der Waals surface area contributed by atoms with Crippen LogP contribution in [0.25, 0.3) is 0 Å². The average Bonchev–Trinajstić information content (AvgIpc) is 3.38. The summed E-state index contributed by atoms with van der Waals surface area (Å²) >= 11 is 1.49. The molecule has 3 rings (SSSR count). The first-order valence-corrected chi connectivity index (χ1v) is 10.7. The largest absolute Gasteiger partial charge is 0.356 e. The quantitative estimate of drug-likeness (QED) is 0.251. The Morgan fingerprint density at radius 3 is 2.59 bits per heavy atom. The van der Waals surface area contributed by atoms with Crippen molar-refractivity contribution < 1.29 is 4.52 Å². The van der Waals surface area contributed by atoms with Gasteiger partial charge in [-0.25, -0.2) is 4.98 Å². The zero-order chi connectivity index (χ0) is 19.9. The Morgan fingerprint density at radius 1 is 1.24 bits per heavy atom. The molecule has 1 fully saturated rings. The van der Waals surface area contributed by atoms with Crippen molar-refractivity contribution in [2.24, 2.45) is 4.99 Å². The molecule has 0 amide bonds. The van der Waals surface area contributed by atoms with E-state index in [1.807, 2.05) is 7.05 Å². The average molecular weight is 534 g/mol. The summed E-state index contributed by atoms with van der Waals surface area (Å²) in [5, 5.41) is 8.48. The highest BCUT2D eigenvalue weighted by Gasteiger charge is 2.22. The van der Waals surface area contributed by atoms with Crippen molar-refractivity contribution in [3.63, 3.8) is 0 Å². The Hall–Kier alpha value is -1.50. The molecular formula is C18H31IN8OS. The zero-order valence-corrected chi connectivity index (χ0v) is 20.7. The minimum atomic E-state index is 0. The molecule has 0 spiro atoms. The molecular weight excluding hydrogens is 503 g/mol. The number of rotatable bonds is 7. The lowest BCUT2D eigenvalue weighted by Gasteiger charge is -2.36. The number of hydrogen-bond donors (Lipinski definition) is 1. The van der Waals surface area contributed by atoms with Crippen LogP contribution in [0.3, 0.4) is 0 Å². The summed E-state index contributed by atoms with van der Waals surface area (Å²) in [5.74, 6) is 3.65. The maximum Gasteiger partial charge on any atom is 0.226 e. The predicted molar refractivity (Wildman–Crippen MR) is 127 cm³/mol. The number of nitrogens with zero attached hydrogens (tertiary/aromatic N) is 7. The van der Waals surface area contributed by atoms with Gasteiger partial charge in [0.25, 0.3) is 0 Å². The van der Waals surface area contributed by atoms with Crippen LogP contribution in [0.15, 0.2) is 9.52 Å². The van der Waals surface area contributed by atoms with Crippen LogP contribution in [0.4, 0.5) is 5.13 Å². The van der Waals surface area contributed by atoms with Crippen LogP contribution in [0.1, 0.15) is 50.6 Å². The third kappa shape index (κ3) is 6.49. The Bertz CT molecular complexity index is 770. The predicted octanol–water partition coefficient (Wildman–Crippen LogP) is 2.56. The molecule has 0 atom stereocenters. The molecule has 3 heterocycles. The number of aryl methyl sites for hydroxylation is 2. The molecule has 1 N–H and O–H groups in total. The first-order valence-electron chi connectivity index (χ1n) is 9.96. The summed E-state index contributed by atoms with van der Waals surface area (Å²) in [7, 11) is 1.83. The molecule has 1 saturated heterocycles. The van der Waals surface area contributed by atoms with Crippen molar-refractivity contribution in [2.45, 2.75) is 46.0 Å². The van der Waals surface area contributed by atoms with Gasteiger partial charge in [0, 0.05) is 70.1 Å². The molecule has 2 aromatic rings. The highest BCUT2D eigenvalue weighted by atomic mass is 127. The van der Waals surface area contributed by atoms with Crippen molar-refractivity contribution >= 4 is 46.6 Å². The van der Waals surface area contributed by atoms with E-state index in [0.717, 1.165) is 74.7 Å². The first-order chi connectivity index (χ1) is 13.6. The molecule has 0 bridgehead atoms. The second-order valence-electron chi connectivity index (χ2n) is 7.10. The van der Waals surface area contributed by atoms with Crippen LogP contribution in [0, 0.1) is 0 Å². The third-order valence-electron chi connectivity index (χ3n) is 4.69. The second kappa shape index (κ2) is 11.6. The second-order valence-corrected chi connectivity index (χ2v) is 7.83.